The van der Waals surface area contributed by atoms with Crippen molar-refractivity contribution in [3.8, 4) is 16.3 Å². The number of carbonyl (C=O) groups is 1. The number of nitrogens with one attached hydrogen (secondary N) is 1. The maximum Gasteiger partial charge on any atom is 0.228 e. The van der Waals surface area contributed by atoms with Gasteiger partial charge in [0.15, 0.2) is 5.65 Å². The summed E-state index contributed by atoms with van der Waals surface area (Å²) in [6.07, 6.45) is 4.24. The number of ether oxygens (including phenoxy) is 1. The number of nitrogens with zero attached hydrogens (tertiary/aromatic N) is 7. The third kappa shape index (κ3) is 4.73. The molecule has 2 aliphatic rings. The van der Waals surface area contributed by atoms with Crippen molar-refractivity contribution >= 4 is 50.2 Å². The van der Waals surface area contributed by atoms with Crippen LogP contribution in [0.5, 0.6) is 0 Å². The molecule has 0 bridgehead atoms. The predicted molar refractivity (Wildman–Crippen MR) is 144 cm³/mol. The van der Waals surface area contributed by atoms with Gasteiger partial charge in [-0.2, -0.15) is 10.1 Å². The Morgan fingerprint density at radius 2 is 2.14 bits per heavy atom. The number of anilines is 1. The standard InChI is InChI=1S/C25H26BrN8O2S/c1-15-30-31-22(37-15)16-3-5-18(6-4-16)34-21-19(20(26)32-34)14-27-24(29-21)28-17-7-8-25(2,13-17)23(35)33-9-11-36-12-10-33/h3,5-6,14,17H,7-13H2,1-2H3,(H,27,28,29)/t17-,25-/m1/s1. The van der Waals surface area contributed by atoms with Gasteiger partial charge < -0.3 is 15.0 Å². The summed E-state index contributed by atoms with van der Waals surface area (Å²) in [6, 6.07) is 9.21. The second-order valence-electron chi connectivity index (χ2n) is 9.77. The second-order valence-corrected chi connectivity index (χ2v) is 11.7. The summed E-state index contributed by atoms with van der Waals surface area (Å²) in [5, 5.41) is 19.0. The normalized spacial score (nSPS) is 22.0. The minimum atomic E-state index is -0.382. The lowest BCUT2D eigenvalue weighted by molar-refractivity contribution is -0.145. The number of hydrogen-bond donors (Lipinski definition) is 1. The number of morpholine rings is 1. The number of carbonyl (C=O) groups excluding carboxylic acids is 1. The van der Waals surface area contributed by atoms with Crippen molar-refractivity contribution in [1.82, 2.24) is 34.8 Å². The number of benzene rings is 1. The monoisotopic (exact) mass is 581 g/mol. The summed E-state index contributed by atoms with van der Waals surface area (Å²) in [4.78, 5) is 24.5. The molecule has 0 unspecified atom stereocenters. The van der Waals surface area contributed by atoms with Crippen LogP contribution in [0.25, 0.3) is 27.3 Å². The van der Waals surface area contributed by atoms with Gasteiger partial charge in [0, 0.05) is 36.3 Å². The Bertz CT molecular complexity index is 1450. The van der Waals surface area contributed by atoms with Crippen LogP contribution in [0.4, 0.5) is 5.95 Å². The first-order valence-corrected chi connectivity index (χ1v) is 13.9. The topological polar surface area (TPSA) is 111 Å². The van der Waals surface area contributed by atoms with Crippen LogP contribution in [-0.2, 0) is 9.53 Å². The summed E-state index contributed by atoms with van der Waals surface area (Å²) in [5.41, 5.74) is 2.02. The minimum absolute atomic E-state index is 0.121. The summed E-state index contributed by atoms with van der Waals surface area (Å²) in [5.74, 6) is 0.751. The van der Waals surface area contributed by atoms with Crippen LogP contribution in [-0.4, -0.2) is 73.1 Å². The highest BCUT2D eigenvalue weighted by atomic mass is 79.9. The fourth-order valence-corrected chi connectivity index (χ4v) is 6.21. The van der Waals surface area contributed by atoms with Gasteiger partial charge in [-0.3, -0.25) is 4.79 Å². The zero-order valence-corrected chi connectivity index (χ0v) is 23.0. The van der Waals surface area contributed by atoms with Crippen molar-refractivity contribution in [1.29, 1.82) is 0 Å². The van der Waals surface area contributed by atoms with Gasteiger partial charge in [-0.15, -0.1) is 10.2 Å². The Hall–Kier alpha value is -2.96. The minimum Gasteiger partial charge on any atom is -0.378 e. The van der Waals surface area contributed by atoms with Gasteiger partial charge in [0.05, 0.1) is 24.3 Å². The van der Waals surface area contributed by atoms with Gasteiger partial charge >= 0.3 is 0 Å². The van der Waals surface area contributed by atoms with Crippen LogP contribution in [0.15, 0.2) is 29.0 Å². The molecule has 4 aromatic rings. The molecule has 4 heterocycles. The van der Waals surface area contributed by atoms with E-state index in [1.165, 1.54) is 11.3 Å². The highest BCUT2D eigenvalue weighted by Gasteiger charge is 2.43. The Labute approximate surface area is 226 Å². The number of halogens is 1. The van der Waals surface area contributed by atoms with Crippen molar-refractivity contribution in [2.24, 2.45) is 5.41 Å². The van der Waals surface area contributed by atoms with Gasteiger partial charge in [-0.05, 0) is 66.4 Å². The van der Waals surface area contributed by atoms with Crippen molar-refractivity contribution < 1.29 is 9.53 Å². The molecule has 10 nitrogen and oxygen atoms in total. The Kier molecular flexibility index (Phi) is 6.41. The largest absolute Gasteiger partial charge is 0.378 e. The van der Waals surface area contributed by atoms with E-state index >= 15 is 0 Å². The molecule has 0 spiro atoms. The highest BCUT2D eigenvalue weighted by molar-refractivity contribution is 9.10. The third-order valence-corrected chi connectivity index (χ3v) is 8.52. The van der Waals surface area contributed by atoms with Crippen molar-refractivity contribution in [2.45, 2.75) is 39.2 Å². The quantitative estimate of drug-likeness (QED) is 0.376. The Morgan fingerprint density at radius 3 is 2.86 bits per heavy atom. The molecule has 1 aromatic carbocycles. The van der Waals surface area contributed by atoms with Crippen LogP contribution in [0.3, 0.4) is 0 Å². The molecule has 3 aromatic heterocycles. The lowest BCUT2D eigenvalue weighted by Gasteiger charge is -2.34. The highest BCUT2D eigenvalue weighted by Crippen LogP contribution is 2.40. The van der Waals surface area contributed by atoms with E-state index in [1.54, 1.807) is 10.9 Å². The zero-order chi connectivity index (χ0) is 25.6. The third-order valence-electron chi connectivity index (χ3n) is 7.07. The molecule has 191 valence electrons. The van der Waals surface area contributed by atoms with Gasteiger partial charge in [0.25, 0.3) is 0 Å². The number of aryl methyl sites for hydroxylation is 1. The predicted octanol–water partition coefficient (Wildman–Crippen LogP) is 4.03. The summed E-state index contributed by atoms with van der Waals surface area (Å²) < 4.78 is 7.86. The molecule has 37 heavy (non-hydrogen) atoms. The molecule has 2 atom stereocenters. The molecule has 1 saturated heterocycles. The fraction of sp³-hybridized carbons (Fsp3) is 0.440. The molecule has 1 aliphatic carbocycles. The summed E-state index contributed by atoms with van der Waals surface area (Å²) in [6.45, 7) is 6.58. The average molecular weight is 583 g/mol. The van der Waals surface area contributed by atoms with Crippen LogP contribution in [0.1, 0.15) is 31.2 Å². The molecular formula is C25H26BrN8O2S. The first-order valence-electron chi connectivity index (χ1n) is 12.3. The number of hydrogen-bond acceptors (Lipinski definition) is 9. The molecule has 6 rings (SSSR count). The van der Waals surface area contributed by atoms with E-state index in [4.69, 9.17) is 9.72 Å². The number of rotatable bonds is 5. The van der Waals surface area contributed by atoms with E-state index in [2.05, 4.69) is 54.5 Å². The van der Waals surface area contributed by atoms with Crippen LogP contribution >= 0.6 is 27.3 Å². The van der Waals surface area contributed by atoms with Gasteiger partial charge in [-0.25, -0.2) is 9.67 Å². The summed E-state index contributed by atoms with van der Waals surface area (Å²) in [7, 11) is 0. The Morgan fingerprint density at radius 1 is 1.30 bits per heavy atom. The first kappa shape index (κ1) is 24.4. The fourth-order valence-electron chi connectivity index (χ4n) is 5.09. The molecule has 1 aliphatic heterocycles. The van der Waals surface area contributed by atoms with Gasteiger partial charge in [0.1, 0.15) is 14.6 Å². The molecule has 1 amide bonds. The van der Waals surface area contributed by atoms with E-state index in [9.17, 15) is 4.79 Å². The lowest BCUT2D eigenvalue weighted by atomic mass is 9.86. The summed E-state index contributed by atoms with van der Waals surface area (Å²) >= 11 is 5.07. The van der Waals surface area contributed by atoms with E-state index in [1.807, 2.05) is 30.0 Å². The molecule has 2 fully saturated rings. The number of amides is 1. The lowest BCUT2D eigenvalue weighted by Crippen LogP contribution is -2.47. The van der Waals surface area contributed by atoms with Crippen LogP contribution in [0, 0.1) is 18.4 Å². The van der Waals surface area contributed by atoms with E-state index in [-0.39, 0.29) is 17.4 Å². The molecule has 12 heteroatoms. The number of aromatic nitrogens is 6. The Balaban J connectivity index is 1.21. The van der Waals surface area contributed by atoms with Crippen molar-refractivity contribution in [3.63, 3.8) is 0 Å². The second kappa shape index (κ2) is 9.73. The number of fused-ring (bicyclic) bond motifs is 1. The molecule has 1 radical (unpaired) electrons. The smallest absolute Gasteiger partial charge is 0.228 e. The molecule has 1 N–H and O–H groups in total. The van der Waals surface area contributed by atoms with Gasteiger partial charge in [0.2, 0.25) is 11.9 Å². The molecular weight excluding hydrogens is 556 g/mol. The van der Waals surface area contributed by atoms with Crippen LogP contribution in [0.2, 0.25) is 0 Å². The molecule has 1 saturated carbocycles. The maximum absolute atomic E-state index is 13.2. The maximum atomic E-state index is 13.2. The first-order chi connectivity index (χ1) is 17.9. The van der Waals surface area contributed by atoms with Crippen molar-refractivity contribution in [3.05, 3.63) is 40.1 Å². The van der Waals surface area contributed by atoms with Crippen LogP contribution < -0.4 is 5.32 Å². The SMILES string of the molecule is Cc1nnc(-c2[c]cc(-n3nc(Br)c4cnc(N[C@@H]5CC[C@@](C)(C(=O)N6CCOCC6)C5)nc43)cc2)s1. The van der Waals surface area contributed by atoms with E-state index in [0.717, 1.165) is 45.9 Å². The van der Waals surface area contributed by atoms with Gasteiger partial charge in [-0.1, -0.05) is 18.3 Å². The van der Waals surface area contributed by atoms with E-state index in [0.29, 0.717) is 42.5 Å². The average Bonchev–Trinajstić information content (AvgIpc) is 3.62. The zero-order valence-electron chi connectivity index (χ0n) is 20.6. The van der Waals surface area contributed by atoms with Crippen molar-refractivity contribution in [2.75, 3.05) is 31.6 Å². The van der Waals surface area contributed by atoms with E-state index < -0.39 is 0 Å².